The first kappa shape index (κ1) is 80.6. The summed E-state index contributed by atoms with van der Waals surface area (Å²) in [5, 5.41) is 0. The maximum Gasteiger partial charge on any atom is 0.306 e. The molecule has 0 aliphatic heterocycles. The fourth-order valence-electron chi connectivity index (χ4n) is 11.5. The van der Waals surface area contributed by atoms with Gasteiger partial charge in [-0.05, 0) is 57.8 Å². The minimum atomic E-state index is -0.768. The van der Waals surface area contributed by atoms with Crippen LogP contribution in [0.3, 0.4) is 0 Å². The van der Waals surface area contributed by atoms with E-state index in [2.05, 4.69) is 57.2 Å². The van der Waals surface area contributed by atoms with Crippen LogP contribution in [-0.2, 0) is 28.6 Å². The number of carbonyl (C=O) groups is 3. The second kappa shape index (κ2) is 72.1. The number of hydrogen-bond donors (Lipinski definition) is 0. The minimum absolute atomic E-state index is 0.0649. The first-order chi connectivity index (χ1) is 41.0. The first-order valence-electron chi connectivity index (χ1n) is 37.5. The molecule has 0 spiro atoms. The zero-order valence-corrected chi connectivity index (χ0v) is 56.2. The average Bonchev–Trinajstić information content (AvgIpc) is 3.48. The van der Waals surface area contributed by atoms with Gasteiger partial charge in [0.1, 0.15) is 13.2 Å². The Bertz CT molecular complexity index is 1380. The van der Waals surface area contributed by atoms with Gasteiger partial charge in [-0.15, -0.1) is 0 Å². The highest BCUT2D eigenvalue weighted by atomic mass is 16.6. The summed E-state index contributed by atoms with van der Waals surface area (Å²) in [6, 6.07) is 0. The van der Waals surface area contributed by atoms with Crippen molar-refractivity contribution in [3.8, 4) is 0 Å². The molecule has 0 aromatic carbocycles. The molecule has 0 aliphatic carbocycles. The summed E-state index contributed by atoms with van der Waals surface area (Å²) < 4.78 is 17.0. The molecule has 0 aliphatic rings. The summed E-state index contributed by atoms with van der Waals surface area (Å²) in [6.07, 6.45) is 90.6. The van der Waals surface area contributed by atoms with Crippen LogP contribution in [0.2, 0.25) is 0 Å². The average molecular weight is 1170 g/mol. The Hall–Kier alpha value is -2.37. The van der Waals surface area contributed by atoms with Crippen LogP contribution >= 0.6 is 0 Å². The number of hydrogen-bond acceptors (Lipinski definition) is 6. The van der Waals surface area contributed by atoms with Gasteiger partial charge >= 0.3 is 17.9 Å². The van der Waals surface area contributed by atoms with Gasteiger partial charge in [0.05, 0.1) is 0 Å². The number of unbranched alkanes of at least 4 members (excludes halogenated alkanes) is 53. The first-order valence-corrected chi connectivity index (χ1v) is 37.5. The Balaban J connectivity index is 4.09. The smallest absolute Gasteiger partial charge is 0.306 e. The molecule has 6 heteroatoms. The zero-order valence-electron chi connectivity index (χ0n) is 56.2. The number of ether oxygens (including phenoxy) is 3. The van der Waals surface area contributed by atoms with E-state index in [0.29, 0.717) is 19.3 Å². The number of allylic oxidation sites excluding steroid dienone is 6. The molecule has 6 nitrogen and oxygen atoms in total. The summed E-state index contributed by atoms with van der Waals surface area (Å²) in [6.45, 7) is 6.70. The largest absolute Gasteiger partial charge is 0.462 e. The van der Waals surface area contributed by atoms with E-state index in [-0.39, 0.29) is 31.1 Å². The normalized spacial score (nSPS) is 12.2. The van der Waals surface area contributed by atoms with Crippen molar-refractivity contribution >= 4 is 17.9 Å². The summed E-state index contributed by atoms with van der Waals surface area (Å²) in [5.41, 5.74) is 0. The molecule has 0 amide bonds. The van der Waals surface area contributed by atoms with E-state index in [1.807, 2.05) is 0 Å². The molecule has 1 unspecified atom stereocenters. The molecule has 488 valence electrons. The topological polar surface area (TPSA) is 78.9 Å². The monoisotopic (exact) mass is 1170 g/mol. The molecule has 0 heterocycles. The Morgan fingerprint density at radius 2 is 0.434 bits per heavy atom. The van der Waals surface area contributed by atoms with Crippen LogP contribution in [-0.4, -0.2) is 37.2 Å². The van der Waals surface area contributed by atoms with Crippen molar-refractivity contribution in [2.45, 2.75) is 425 Å². The molecule has 0 saturated carbocycles. The van der Waals surface area contributed by atoms with Crippen molar-refractivity contribution in [1.82, 2.24) is 0 Å². The van der Waals surface area contributed by atoms with E-state index in [0.717, 1.165) is 70.6 Å². The zero-order chi connectivity index (χ0) is 59.9. The van der Waals surface area contributed by atoms with E-state index < -0.39 is 6.10 Å². The standard InChI is InChI=1S/C77H144O6/c1-4-7-10-13-16-19-22-24-26-28-30-32-34-36-37-38-39-40-41-42-44-45-47-49-51-53-55-58-61-64-67-70-76(79)82-73-74(72-81-75(78)69-66-63-60-57-21-18-15-12-9-6-3)83-77(80)71-68-65-62-59-56-54-52-50-48-46-43-35-33-31-29-27-25-23-20-17-14-11-8-5-2/h22,24,28,30,34,36,74H,4-21,23,25-27,29,31-33,35,37-73H2,1-3H3/b24-22-,30-28-,36-34-. The van der Waals surface area contributed by atoms with Gasteiger partial charge in [0, 0.05) is 19.3 Å². The molecule has 0 aromatic heterocycles. The predicted molar refractivity (Wildman–Crippen MR) is 362 cm³/mol. The lowest BCUT2D eigenvalue weighted by atomic mass is 10.0. The van der Waals surface area contributed by atoms with Crippen molar-refractivity contribution in [3.05, 3.63) is 36.5 Å². The van der Waals surface area contributed by atoms with Crippen molar-refractivity contribution in [2.24, 2.45) is 0 Å². The molecule has 0 rings (SSSR count). The Labute approximate surface area is 518 Å². The van der Waals surface area contributed by atoms with Gasteiger partial charge < -0.3 is 14.2 Å². The molecule has 0 fully saturated rings. The highest BCUT2D eigenvalue weighted by molar-refractivity contribution is 5.71. The third-order valence-electron chi connectivity index (χ3n) is 17.1. The summed E-state index contributed by atoms with van der Waals surface area (Å²) in [5.74, 6) is -0.834. The number of rotatable bonds is 70. The highest BCUT2D eigenvalue weighted by Crippen LogP contribution is 2.19. The van der Waals surface area contributed by atoms with Crippen LogP contribution in [0.4, 0.5) is 0 Å². The molecule has 0 bridgehead atoms. The highest BCUT2D eigenvalue weighted by Gasteiger charge is 2.20. The van der Waals surface area contributed by atoms with Gasteiger partial charge in [-0.25, -0.2) is 0 Å². The molecule has 0 N–H and O–H groups in total. The lowest BCUT2D eigenvalue weighted by Crippen LogP contribution is -2.30. The SMILES string of the molecule is CCCCCCC/C=C\C/C=C\C/C=C\CCCCCCCCCCCCCCCCCCC(=O)OCC(COC(=O)CCCCCCCCCCCC)OC(=O)CCCCCCCCCCCCCCCCCCCCCCCCCC. The Morgan fingerprint density at radius 1 is 0.241 bits per heavy atom. The second-order valence-electron chi connectivity index (χ2n) is 25.6. The van der Waals surface area contributed by atoms with E-state index in [1.54, 1.807) is 0 Å². The second-order valence-corrected chi connectivity index (χ2v) is 25.6. The molecule has 83 heavy (non-hydrogen) atoms. The maximum absolute atomic E-state index is 12.9. The van der Waals surface area contributed by atoms with Crippen LogP contribution in [0.1, 0.15) is 419 Å². The van der Waals surface area contributed by atoms with Crippen molar-refractivity contribution in [1.29, 1.82) is 0 Å². The lowest BCUT2D eigenvalue weighted by molar-refractivity contribution is -0.167. The molecular formula is C77H144O6. The van der Waals surface area contributed by atoms with Gasteiger partial charge in [0.15, 0.2) is 6.10 Å². The van der Waals surface area contributed by atoms with Crippen LogP contribution in [0.15, 0.2) is 36.5 Å². The summed E-state index contributed by atoms with van der Waals surface area (Å²) in [7, 11) is 0. The number of esters is 3. The van der Waals surface area contributed by atoms with Gasteiger partial charge in [0.2, 0.25) is 0 Å². The van der Waals surface area contributed by atoms with E-state index in [1.165, 1.54) is 308 Å². The third-order valence-corrected chi connectivity index (χ3v) is 17.1. The van der Waals surface area contributed by atoms with Crippen LogP contribution < -0.4 is 0 Å². The summed E-state index contributed by atoms with van der Waals surface area (Å²) >= 11 is 0. The maximum atomic E-state index is 12.9. The van der Waals surface area contributed by atoms with Gasteiger partial charge in [-0.1, -0.05) is 378 Å². The quantitative estimate of drug-likeness (QED) is 0.0261. The number of carbonyl (C=O) groups excluding carboxylic acids is 3. The van der Waals surface area contributed by atoms with Gasteiger partial charge in [-0.3, -0.25) is 14.4 Å². The fourth-order valence-corrected chi connectivity index (χ4v) is 11.5. The van der Waals surface area contributed by atoms with E-state index >= 15 is 0 Å². The lowest BCUT2D eigenvalue weighted by Gasteiger charge is -2.18. The molecule has 0 aromatic rings. The Kier molecular flexibility index (Phi) is 70.0. The van der Waals surface area contributed by atoms with Crippen LogP contribution in [0.5, 0.6) is 0 Å². The van der Waals surface area contributed by atoms with Crippen molar-refractivity contribution < 1.29 is 28.6 Å². The van der Waals surface area contributed by atoms with Crippen LogP contribution in [0.25, 0.3) is 0 Å². The summed E-state index contributed by atoms with van der Waals surface area (Å²) in [4.78, 5) is 38.4. The fraction of sp³-hybridized carbons (Fsp3) is 0.883. The van der Waals surface area contributed by atoms with Crippen molar-refractivity contribution in [3.63, 3.8) is 0 Å². The molecule has 0 radical (unpaired) electrons. The van der Waals surface area contributed by atoms with E-state index in [4.69, 9.17) is 14.2 Å². The van der Waals surface area contributed by atoms with Crippen molar-refractivity contribution in [2.75, 3.05) is 13.2 Å². The Morgan fingerprint density at radius 3 is 0.675 bits per heavy atom. The molecule has 1 atom stereocenters. The molecule has 0 saturated heterocycles. The van der Waals surface area contributed by atoms with E-state index in [9.17, 15) is 14.4 Å². The van der Waals surface area contributed by atoms with Gasteiger partial charge in [0.25, 0.3) is 0 Å². The predicted octanol–water partition coefficient (Wildman–Crippen LogP) is 25.9. The molecular weight excluding hydrogens is 1020 g/mol. The van der Waals surface area contributed by atoms with Crippen LogP contribution in [0, 0.1) is 0 Å². The third kappa shape index (κ3) is 70.3. The minimum Gasteiger partial charge on any atom is -0.462 e. The van der Waals surface area contributed by atoms with Gasteiger partial charge in [-0.2, -0.15) is 0 Å².